The predicted octanol–water partition coefficient (Wildman–Crippen LogP) is 3.61. The maximum Gasteiger partial charge on any atom is 0.490 e. The molecule has 0 atom stereocenters. The summed E-state index contributed by atoms with van der Waals surface area (Å²) < 4.78 is 65.4. The number of rotatable bonds is 5. The number of likely N-dealkylation sites (tertiary alicyclic amines) is 1. The number of alkyl halides is 6. The molecular weight excluding hydrogens is 564 g/mol. The zero-order chi connectivity index (χ0) is 30.8. The van der Waals surface area contributed by atoms with Gasteiger partial charge in [0.1, 0.15) is 0 Å². The van der Waals surface area contributed by atoms with Crippen molar-refractivity contribution in [2.75, 3.05) is 13.1 Å². The third kappa shape index (κ3) is 10.8. The highest BCUT2D eigenvalue weighted by molar-refractivity contribution is 5.73. The molecular formula is C24H27F6N7O4. The molecule has 0 bridgehead atoms. The van der Waals surface area contributed by atoms with Gasteiger partial charge in [-0.15, -0.1) is 5.10 Å². The van der Waals surface area contributed by atoms with Crippen LogP contribution in [0.3, 0.4) is 0 Å². The number of halogens is 6. The Morgan fingerprint density at radius 2 is 1.54 bits per heavy atom. The number of aryl methyl sites for hydroxylation is 1. The van der Waals surface area contributed by atoms with Crippen LogP contribution in [0.15, 0.2) is 42.7 Å². The van der Waals surface area contributed by atoms with Crippen LogP contribution in [0.1, 0.15) is 35.8 Å². The van der Waals surface area contributed by atoms with Crippen LogP contribution in [0, 0.1) is 6.92 Å². The third-order valence-corrected chi connectivity index (χ3v) is 5.69. The average molecular weight is 592 g/mol. The van der Waals surface area contributed by atoms with Gasteiger partial charge in [0.2, 0.25) is 0 Å². The topological polar surface area (TPSA) is 160 Å². The summed E-state index contributed by atoms with van der Waals surface area (Å²) in [5.41, 5.74) is 9.78. The molecule has 1 fully saturated rings. The summed E-state index contributed by atoms with van der Waals surface area (Å²) in [7, 11) is 0. The van der Waals surface area contributed by atoms with Crippen molar-refractivity contribution < 1.29 is 46.1 Å². The van der Waals surface area contributed by atoms with Crippen molar-refractivity contribution >= 4 is 11.9 Å². The lowest BCUT2D eigenvalue weighted by Gasteiger charge is -2.31. The van der Waals surface area contributed by atoms with E-state index in [1.165, 1.54) is 5.56 Å². The number of hydrogen-bond acceptors (Lipinski definition) is 8. The maximum atomic E-state index is 10.6. The summed E-state index contributed by atoms with van der Waals surface area (Å²) in [6, 6.07) is 10.5. The van der Waals surface area contributed by atoms with Crippen LogP contribution >= 0.6 is 0 Å². The first-order valence-corrected chi connectivity index (χ1v) is 11.9. The van der Waals surface area contributed by atoms with Crippen LogP contribution in [0.25, 0.3) is 11.4 Å². The van der Waals surface area contributed by atoms with Gasteiger partial charge in [-0.2, -0.15) is 26.3 Å². The van der Waals surface area contributed by atoms with Crippen LogP contribution in [0.4, 0.5) is 26.3 Å². The molecule has 2 aromatic heterocycles. The Kier molecular flexibility index (Phi) is 11.7. The molecule has 0 unspecified atom stereocenters. The molecule has 4 N–H and O–H groups in total. The minimum Gasteiger partial charge on any atom is -0.475 e. The molecule has 3 aromatic rings. The van der Waals surface area contributed by atoms with Crippen molar-refractivity contribution in [2.45, 2.75) is 51.2 Å². The smallest absolute Gasteiger partial charge is 0.475 e. The van der Waals surface area contributed by atoms with E-state index in [0.717, 1.165) is 55.3 Å². The van der Waals surface area contributed by atoms with Gasteiger partial charge in [0.25, 0.3) is 0 Å². The van der Waals surface area contributed by atoms with Crippen molar-refractivity contribution in [2.24, 2.45) is 5.73 Å². The van der Waals surface area contributed by atoms with Crippen LogP contribution in [-0.4, -0.2) is 77.5 Å². The van der Waals surface area contributed by atoms with E-state index in [0.29, 0.717) is 12.6 Å². The fourth-order valence-electron chi connectivity index (χ4n) is 3.54. The lowest BCUT2D eigenvalue weighted by Crippen LogP contribution is -2.34. The molecule has 17 heteroatoms. The fraction of sp³-hybridized carbons (Fsp3) is 0.417. The van der Waals surface area contributed by atoms with Gasteiger partial charge < -0.3 is 15.9 Å². The van der Waals surface area contributed by atoms with E-state index in [1.54, 1.807) is 0 Å². The molecule has 0 amide bonds. The molecule has 224 valence electrons. The van der Waals surface area contributed by atoms with Gasteiger partial charge >= 0.3 is 24.3 Å². The molecule has 0 aliphatic carbocycles. The van der Waals surface area contributed by atoms with Crippen molar-refractivity contribution in [1.82, 2.24) is 29.9 Å². The number of nitrogens with zero attached hydrogens (tertiary/aromatic N) is 6. The highest BCUT2D eigenvalue weighted by atomic mass is 19.4. The number of carbonyl (C=O) groups is 2. The van der Waals surface area contributed by atoms with Gasteiger partial charge in [0, 0.05) is 49.2 Å². The molecule has 41 heavy (non-hydrogen) atoms. The monoisotopic (exact) mass is 591 g/mol. The molecule has 1 aliphatic heterocycles. The molecule has 3 heterocycles. The van der Waals surface area contributed by atoms with E-state index in [-0.39, 0.29) is 0 Å². The molecule has 11 nitrogen and oxygen atoms in total. The number of carboxylic acid groups (broad SMARTS) is 2. The minimum atomic E-state index is -5.08. The standard InChI is InChI=1S/C20H25N7.2C2HF3O2/c1-15-17(12-22-20(23-15)16-5-3-2-4-6-16)13-26-9-7-19(8-10-26)27-14-18(11-21)24-25-27;2*3-2(4,5)1(6)7/h2-6,12,14,19H,7-11,13,21H2,1H3;2*(H,6,7). The first-order chi connectivity index (χ1) is 19.1. The highest BCUT2D eigenvalue weighted by Gasteiger charge is 2.38. The number of carboxylic acids is 2. The van der Waals surface area contributed by atoms with E-state index < -0.39 is 24.3 Å². The van der Waals surface area contributed by atoms with Crippen LogP contribution in [0.5, 0.6) is 0 Å². The first-order valence-electron chi connectivity index (χ1n) is 11.9. The molecule has 1 aromatic carbocycles. The summed E-state index contributed by atoms with van der Waals surface area (Å²) in [4.78, 5) is 29.5. The Bertz CT molecular complexity index is 1250. The zero-order valence-electron chi connectivity index (χ0n) is 21.6. The van der Waals surface area contributed by atoms with E-state index in [9.17, 15) is 26.3 Å². The van der Waals surface area contributed by atoms with Gasteiger partial charge in [-0.3, -0.25) is 4.90 Å². The lowest BCUT2D eigenvalue weighted by molar-refractivity contribution is -0.193. The van der Waals surface area contributed by atoms with Crippen LogP contribution < -0.4 is 5.73 Å². The molecule has 0 saturated carbocycles. The van der Waals surface area contributed by atoms with Gasteiger partial charge in [-0.1, -0.05) is 35.5 Å². The van der Waals surface area contributed by atoms with Crippen LogP contribution in [0.2, 0.25) is 0 Å². The Labute approximate surface area is 229 Å². The lowest BCUT2D eigenvalue weighted by atomic mass is 10.0. The summed E-state index contributed by atoms with van der Waals surface area (Å²) >= 11 is 0. The zero-order valence-corrected chi connectivity index (χ0v) is 21.6. The maximum absolute atomic E-state index is 10.6. The molecule has 1 aliphatic rings. The normalized spacial score (nSPS) is 14.3. The van der Waals surface area contributed by atoms with Gasteiger partial charge in [-0.05, 0) is 19.8 Å². The van der Waals surface area contributed by atoms with E-state index in [2.05, 4.69) is 27.1 Å². The Morgan fingerprint density at radius 1 is 1.00 bits per heavy atom. The Morgan fingerprint density at radius 3 is 1.98 bits per heavy atom. The second kappa shape index (κ2) is 14.5. The molecule has 1 saturated heterocycles. The SMILES string of the molecule is Cc1nc(-c2ccccc2)ncc1CN1CCC(n2cc(CN)nn2)CC1.O=C(O)C(F)(F)F.O=C(O)C(F)(F)F. The number of aromatic nitrogens is 5. The Hall–Kier alpha value is -4.12. The van der Waals surface area contributed by atoms with Gasteiger partial charge in [0.05, 0.1) is 17.9 Å². The summed E-state index contributed by atoms with van der Waals surface area (Å²) in [6.45, 7) is 5.46. The van der Waals surface area contributed by atoms with E-state index >= 15 is 0 Å². The predicted molar refractivity (Wildman–Crippen MR) is 131 cm³/mol. The Balaban J connectivity index is 0.000000349. The van der Waals surface area contributed by atoms with Crippen molar-refractivity contribution in [3.8, 4) is 11.4 Å². The number of hydrogen-bond donors (Lipinski definition) is 3. The van der Waals surface area contributed by atoms with Gasteiger partial charge in [0.15, 0.2) is 5.82 Å². The number of piperidine rings is 1. The second-order valence-corrected chi connectivity index (χ2v) is 8.68. The van der Waals surface area contributed by atoms with Crippen molar-refractivity contribution in [1.29, 1.82) is 0 Å². The van der Waals surface area contributed by atoms with Crippen molar-refractivity contribution in [3.05, 3.63) is 59.7 Å². The number of benzene rings is 1. The molecule has 4 rings (SSSR count). The number of aliphatic carboxylic acids is 2. The summed E-state index contributed by atoms with van der Waals surface area (Å²) in [5, 5.41) is 22.6. The summed E-state index contributed by atoms with van der Waals surface area (Å²) in [5.74, 6) is -4.72. The van der Waals surface area contributed by atoms with Crippen LogP contribution in [-0.2, 0) is 22.7 Å². The summed E-state index contributed by atoms with van der Waals surface area (Å²) in [6.07, 6.45) is -4.09. The van der Waals surface area contributed by atoms with E-state index in [1.807, 2.05) is 47.4 Å². The minimum absolute atomic E-state index is 0.409. The van der Waals surface area contributed by atoms with Crippen molar-refractivity contribution in [3.63, 3.8) is 0 Å². The second-order valence-electron chi connectivity index (χ2n) is 8.68. The fourth-order valence-corrected chi connectivity index (χ4v) is 3.54. The number of nitrogens with two attached hydrogens (primary N) is 1. The quantitative estimate of drug-likeness (QED) is 0.374. The van der Waals surface area contributed by atoms with Gasteiger partial charge in [-0.25, -0.2) is 24.2 Å². The largest absolute Gasteiger partial charge is 0.490 e. The molecule has 0 radical (unpaired) electrons. The van der Waals surface area contributed by atoms with E-state index in [4.69, 9.17) is 30.5 Å². The third-order valence-electron chi connectivity index (χ3n) is 5.69. The molecule has 0 spiro atoms. The first kappa shape index (κ1) is 33.1. The highest BCUT2D eigenvalue weighted by Crippen LogP contribution is 2.24. The average Bonchev–Trinajstić information content (AvgIpc) is 3.40.